The fourth-order valence-corrected chi connectivity index (χ4v) is 1.85. The molecule has 0 spiro atoms. The third kappa shape index (κ3) is 6.36. The van der Waals surface area contributed by atoms with E-state index in [1.165, 1.54) is 0 Å². The summed E-state index contributed by atoms with van der Waals surface area (Å²) in [5.41, 5.74) is 6.61. The summed E-state index contributed by atoms with van der Waals surface area (Å²) in [6.07, 6.45) is 2.62. The van der Waals surface area contributed by atoms with Crippen molar-refractivity contribution in [1.82, 2.24) is 0 Å². The standard InChI is InChI=1S/C17H29NO3/c1-5-11-20-15-7-6-14(8-10-18)16(13-15)21-12-9-17(2,3)19-4/h6-7,13H,5,8-12,18H2,1-4H3. The van der Waals surface area contributed by atoms with Crippen molar-refractivity contribution in [2.45, 2.75) is 45.6 Å². The summed E-state index contributed by atoms with van der Waals surface area (Å²) in [6.45, 7) is 8.13. The lowest BCUT2D eigenvalue weighted by molar-refractivity contribution is 0.00536. The summed E-state index contributed by atoms with van der Waals surface area (Å²) < 4.78 is 17.0. The van der Waals surface area contributed by atoms with E-state index in [0.717, 1.165) is 36.3 Å². The van der Waals surface area contributed by atoms with Gasteiger partial charge < -0.3 is 19.9 Å². The average Bonchev–Trinajstić information content (AvgIpc) is 2.47. The first kappa shape index (κ1) is 17.8. The lowest BCUT2D eigenvalue weighted by Crippen LogP contribution is -2.25. The monoisotopic (exact) mass is 295 g/mol. The van der Waals surface area contributed by atoms with Gasteiger partial charge in [-0.2, -0.15) is 0 Å². The molecule has 0 atom stereocenters. The highest BCUT2D eigenvalue weighted by Crippen LogP contribution is 2.26. The van der Waals surface area contributed by atoms with Gasteiger partial charge in [0.1, 0.15) is 11.5 Å². The molecule has 1 aromatic rings. The molecule has 0 aliphatic carbocycles. The molecule has 0 saturated heterocycles. The first-order valence-electron chi connectivity index (χ1n) is 7.66. The van der Waals surface area contributed by atoms with Crippen LogP contribution >= 0.6 is 0 Å². The van der Waals surface area contributed by atoms with Gasteiger partial charge in [0.05, 0.1) is 18.8 Å². The molecule has 1 aromatic carbocycles. The van der Waals surface area contributed by atoms with E-state index in [1.807, 2.05) is 18.2 Å². The lowest BCUT2D eigenvalue weighted by atomic mass is 10.1. The van der Waals surface area contributed by atoms with Crippen LogP contribution in [0, 0.1) is 0 Å². The maximum absolute atomic E-state index is 5.93. The molecular weight excluding hydrogens is 266 g/mol. The number of methoxy groups -OCH3 is 1. The van der Waals surface area contributed by atoms with Crippen LogP contribution in [-0.2, 0) is 11.2 Å². The van der Waals surface area contributed by atoms with Crippen LogP contribution in [0.1, 0.15) is 39.2 Å². The first-order chi connectivity index (χ1) is 10.0. The number of benzene rings is 1. The van der Waals surface area contributed by atoms with Gasteiger partial charge in [-0.15, -0.1) is 0 Å². The summed E-state index contributed by atoms with van der Waals surface area (Å²) in [5.74, 6) is 1.71. The summed E-state index contributed by atoms with van der Waals surface area (Å²) in [5, 5.41) is 0. The summed E-state index contributed by atoms with van der Waals surface area (Å²) in [4.78, 5) is 0. The predicted molar refractivity (Wildman–Crippen MR) is 86.2 cm³/mol. The Morgan fingerprint density at radius 3 is 2.52 bits per heavy atom. The van der Waals surface area contributed by atoms with Crippen LogP contribution in [0.4, 0.5) is 0 Å². The van der Waals surface area contributed by atoms with Gasteiger partial charge in [-0.05, 0) is 44.9 Å². The van der Waals surface area contributed by atoms with Gasteiger partial charge >= 0.3 is 0 Å². The molecule has 0 amide bonds. The normalized spacial score (nSPS) is 11.5. The molecule has 1 rings (SSSR count). The SMILES string of the molecule is CCCOc1ccc(CCN)c(OCCC(C)(C)OC)c1. The van der Waals surface area contributed by atoms with E-state index in [0.29, 0.717) is 19.8 Å². The van der Waals surface area contributed by atoms with E-state index in [4.69, 9.17) is 19.9 Å². The fourth-order valence-electron chi connectivity index (χ4n) is 1.85. The van der Waals surface area contributed by atoms with E-state index in [1.54, 1.807) is 7.11 Å². The summed E-state index contributed by atoms with van der Waals surface area (Å²) in [6, 6.07) is 5.97. The zero-order valence-electron chi connectivity index (χ0n) is 13.8. The molecule has 0 saturated carbocycles. The third-order valence-corrected chi connectivity index (χ3v) is 3.44. The van der Waals surface area contributed by atoms with Crippen LogP contribution in [0.5, 0.6) is 11.5 Å². The second-order valence-corrected chi connectivity index (χ2v) is 5.72. The maximum Gasteiger partial charge on any atom is 0.126 e. The van der Waals surface area contributed by atoms with Gasteiger partial charge in [0.25, 0.3) is 0 Å². The number of hydrogen-bond acceptors (Lipinski definition) is 4. The largest absolute Gasteiger partial charge is 0.493 e. The smallest absolute Gasteiger partial charge is 0.126 e. The molecule has 0 radical (unpaired) electrons. The van der Waals surface area contributed by atoms with Crippen LogP contribution in [0.3, 0.4) is 0 Å². The van der Waals surface area contributed by atoms with E-state index in [2.05, 4.69) is 20.8 Å². The molecule has 0 fully saturated rings. The molecule has 2 N–H and O–H groups in total. The molecule has 120 valence electrons. The Balaban J connectivity index is 2.71. The predicted octanol–water partition coefficient (Wildman–Crippen LogP) is 3.17. The molecule has 0 unspecified atom stereocenters. The topological polar surface area (TPSA) is 53.7 Å². The minimum atomic E-state index is -0.176. The van der Waals surface area contributed by atoms with Crippen molar-refractivity contribution in [2.75, 3.05) is 26.9 Å². The van der Waals surface area contributed by atoms with Crippen molar-refractivity contribution in [1.29, 1.82) is 0 Å². The fraction of sp³-hybridized carbons (Fsp3) is 0.647. The Morgan fingerprint density at radius 2 is 1.90 bits per heavy atom. The third-order valence-electron chi connectivity index (χ3n) is 3.44. The number of nitrogens with two attached hydrogens (primary N) is 1. The molecule has 0 heterocycles. The highest BCUT2D eigenvalue weighted by molar-refractivity contribution is 5.41. The molecule has 0 aliphatic heterocycles. The van der Waals surface area contributed by atoms with Crippen LogP contribution in [-0.4, -0.2) is 32.5 Å². The Bertz CT molecular complexity index is 418. The molecule has 21 heavy (non-hydrogen) atoms. The Kier molecular flexibility index (Phi) is 7.54. The second kappa shape index (κ2) is 8.90. The van der Waals surface area contributed by atoms with Crippen LogP contribution in [0.15, 0.2) is 18.2 Å². The van der Waals surface area contributed by atoms with Crippen molar-refractivity contribution in [3.05, 3.63) is 23.8 Å². The van der Waals surface area contributed by atoms with Gasteiger partial charge in [-0.3, -0.25) is 0 Å². The minimum Gasteiger partial charge on any atom is -0.493 e. The highest BCUT2D eigenvalue weighted by atomic mass is 16.5. The average molecular weight is 295 g/mol. The quantitative estimate of drug-likeness (QED) is 0.720. The molecule has 0 aliphatic rings. The summed E-state index contributed by atoms with van der Waals surface area (Å²) >= 11 is 0. The van der Waals surface area contributed by atoms with Gasteiger partial charge in [0.2, 0.25) is 0 Å². The van der Waals surface area contributed by atoms with Crippen LogP contribution in [0.2, 0.25) is 0 Å². The van der Waals surface area contributed by atoms with Gasteiger partial charge in [0, 0.05) is 19.6 Å². The number of hydrogen-bond donors (Lipinski definition) is 1. The Morgan fingerprint density at radius 1 is 1.14 bits per heavy atom. The van der Waals surface area contributed by atoms with Crippen molar-refractivity contribution in [2.24, 2.45) is 5.73 Å². The van der Waals surface area contributed by atoms with Gasteiger partial charge in [-0.1, -0.05) is 13.0 Å². The van der Waals surface area contributed by atoms with Crippen molar-refractivity contribution in [3.8, 4) is 11.5 Å². The highest BCUT2D eigenvalue weighted by Gasteiger charge is 2.16. The lowest BCUT2D eigenvalue weighted by Gasteiger charge is -2.23. The van der Waals surface area contributed by atoms with Crippen molar-refractivity contribution >= 4 is 0 Å². The van der Waals surface area contributed by atoms with Crippen molar-refractivity contribution < 1.29 is 14.2 Å². The van der Waals surface area contributed by atoms with E-state index >= 15 is 0 Å². The number of rotatable bonds is 10. The molecule has 0 bridgehead atoms. The molecule has 4 nitrogen and oxygen atoms in total. The van der Waals surface area contributed by atoms with Gasteiger partial charge in [-0.25, -0.2) is 0 Å². The zero-order valence-corrected chi connectivity index (χ0v) is 13.8. The van der Waals surface area contributed by atoms with E-state index in [9.17, 15) is 0 Å². The molecule has 0 aromatic heterocycles. The Labute approximate surface area is 128 Å². The second-order valence-electron chi connectivity index (χ2n) is 5.72. The van der Waals surface area contributed by atoms with Gasteiger partial charge in [0.15, 0.2) is 0 Å². The molecule has 4 heteroatoms. The first-order valence-corrected chi connectivity index (χ1v) is 7.66. The minimum absolute atomic E-state index is 0.176. The Hall–Kier alpha value is -1.26. The molecular formula is C17H29NO3. The zero-order chi connectivity index (χ0) is 15.7. The van der Waals surface area contributed by atoms with Crippen LogP contribution in [0.25, 0.3) is 0 Å². The maximum atomic E-state index is 5.93. The summed E-state index contributed by atoms with van der Waals surface area (Å²) in [7, 11) is 1.72. The van der Waals surface area contributed by atoms with Crippen LogP contribution < -0.4 is 15.2 Å². The number of ether oxygens (including phenoxy) is 3. The van der Waals surface area contributed by atoms with E-state index in [-0.39, 0.29) is 5.60 Å². The van der Waals surface area contributed by atoms with E-state index < -0.39 is 0 Å². The van der Waals surface area contributed by atoms with Crippen molar-refractivity contribution in [3.63, 3.8) is 0 Å².